The van der Waals surface area contributed by atoms with Gasteiger partial charge >= 0.3 is 0 Å². The quantitative estimate of drug-likeness (QED) is 0.887. The Morgan fingerprint density at radius 2 is 1.94 bits per heavy atom. The van der Waals surface area contributed by atoms with Crippen molar-refractivity contribution in [1.29, 1.82) is 0 Å². The number of nitrogen functional groups attached to an aromatic ring is 1. The lowest BCUT2D eigenvalue weighted by Gasteiger charge is -2.08. The average Bonchev–Trinajstić information content (AvgIpc) is 2.72. The highest BCUT2D eigenvalue weighted by molar-refractivity contribution is 9.10. The normalized spacial score (nSPS) is 10.4. The first-order valence-corrected chi connectivity index (χ1v) is 5.94. The Morgan fingerprint density at radius 3 is 2.44 bits per heavy atom. The number of carbonyl (C=O) groups excluding carboxylic acids is 1. The molecule has 0 bridgehead atoms. The first-order chi connectivity index (χ1) is 8.49. The summed E-state index contributed by atoms with van der Waals surface area (Å²) >= 11 is 3.46. The maximum absolute atomic E-state index is 11.8. The number of rotatable bonds is 2. The zero-order valence-corrected chi connectivity index (χ0v) is 11.4. The van der Waals surface area contributed by atoms with E-state index in [0.717, 1.165) is 15.6 Å². The highest BCUT2D eigenvalue weighted by Crippen LogP contribution is 2.25. The van der Waals surface area contributed by atoms with Gasteiger partial charge in [-0.3, -0.25) is 4.79 Å². The number of nitrogens with zero attached hydrogens (tertiary/aromatic N) is 2. The SMILES string of the molecule is Cc1cc(NC(=O)c2nonc2N)cc(C)c1Br. The van der Waals surface area contributed by atoms with Gasteiger partial charge in [0.25, 0.3) is 5.91 Å². The third-order valence-electron chi connectivity index (χ3n) is 2.42. The molecule has 0 fully saturated rings. The Labute approximate surface area is 112 Å². The molecule has 0 spiro atoms. The Kier molecular flexibility index (Phi) is 3.33. The first-order valence-electron chi connectivity index (χ1n) is 5.15. The van der Waals surface area contributed by atoms with Crippen LogP contribution >= 0.6 is 15.9 Å². The number of aryl methyl sites for hydroxylation is 2. The van der Waals surface area contributed by atoms with E-state index < -0.39 is 5.91 Å². The largest absolute Gasteiger partial charge is 0.379 e. The van der Waals surface area contributed by atoms with Gasteiger partial charge in [-0.05, 0) is 47.4 Å². The van der Waals surface area contributed by atoms with Crippen molar-refractivity contribution in [2.75, 3.05) is 11.1 Å². The maximum Gasteiger partial charge on any atom is 0.281 e. The van der Waals surface area contributed by atoms with E-state index >= 15 is 0 Å². The second kappa shape index (κ2) is 4.77. The van der Waals surface area contributed by atoms with Crippen molar-refractivity contribution in [2.45, 2.75) is 13.8 Å². The van der Waals surface area contributed by atoms with Crippen LogP contribution in [0.4, 0.5) is 11.5 Å². The molecule has 2 aromatic rings. The minimum atomic E-state index is -0.449. The highest BCUT2D eigenvalue weighted by Gasteiger charge is 2.16. The summed E-state index contributed by atoms with van der Waals surface area (Å²) in [6, 6.07) is 3.69. The van der Waals surface area contributed by atoms with Crippen LogP contribution in [0.3, 0.4) is 0 Å². The fraction of sp³-hybridized carbons (Fsp3) is 0.182. The van der Waals surface area contributed by atoms with Gasteiger partial charge in [-0.2, -0.15) is 0 Å². The Balaban J connectivity index is 2.25. The van der Waals surface area contributed by atoms with Crippen molar-refractivity contribution in [3.05, 3.63) is 33.4 Å². The molecule has 1 aromatic heterocycles. The van der Waals surface area contributed by atoms with Gasteiger partial charge in [0.2, 0.25) is 11.5 Å². The van der Waals surface area contributed by atoms with Gasteiger partial charge in [0.15, 0.2) is 0 Å². The van der Waals surface area contributed by atoms with Crippen LogP contribution in [0.25, 0.3) is 0 Å². The highest BCUT2D eigenvalue weighted by atomic mass is 79.9. The molecule has 7 heteroatoms. The second-order valence-corrected chi connectivity index (χ2v) is 4.67. The van der Waals surface area contributed by atoms with E-state index in [1.54, 1.807) is 0 Å². The minimum Gasteiger partial charge on any atom is -0.379 e. The molecule has 0 atom stereocenters. The minimum absolute atomic E-state index is 0.0202. The zero-order valence-electron chi connectivity index (χ0n) is 9.82. The van der Waals surface area contributed by atoms with Gasteiger partial charge in [0, 0.05) is 10.2 Å². The van der Waals surface area contributed by atoms with Crippen molar-refractivity contribution < 1.29 is 9.42 Å². The monoisotopic (exact) mass is 310 g/mol. The molecule has 1 heterocycles. The zero-order chi connectivity index (χ0) is 13.3. The van der Waals surface area contributed by atoms with Crippen molar-refractivity contribution in [3.63, 3.8) is 0 Å². The smallest absolute Gasteiger partial charge is 0.281 e. The molecule has 0 radical (unpaired) electrons. The molecule has 6 nitrogen and oxygen atoms in total. The van der Waals surface area contributed by atoms with Crippen molar-refractivity contribution >= 4 is 33.3 Å². The van der Waals surface area contributed by atoms with Crippen LogP contribution in [-0.2, 0) is 0 Å². The predicted octanol–water partition coefficient (Wildman–Crippen LogP) is 2.28. The van der Waals surface area contributed by atoms with Crippen molar-refractivity contribution in [2.24, 2.45) is 0 Å². The van der Waals surface area contributed by atoms with Gasteiger partial charge in [0.1, 0.15) is 0 Å². The first kappa shape index (κ1) is 12.6. The average molecular weight is 311 g/mol. The van der Waals surface area contributed by atoms with Crippen LogP contribution in [0, 0.1) is 13.8 Å². The van der Waals surface area contributed by atoms with Crippen molar-refractivity contribution in [3.8, 4) is 0 Å². The fourth-order valence-electron chi connectivity index (χ4n) is 1.56. The van der Waals surface area contributed by atoms with Crippen LogP contribution in [0.5, 0.6) is 0 Å². The van der Waals surface area contributed by atoms with Gasteiger partial charge in [-0.1, -0.05) is 15.9 Å². The molecule has 0 unspecified atom stereocenters. The van der Waals surface area contributed by atoms with Gasteiger partial charge in [-0.25, -0.2) is 4.63 Å². The fourth-order valence-corrected chi connectivity index (χ4v) is 1.79. The number of aromatic nitrogens is 2. The van der Waals surface area contributed by atoms with Crippen LogP contribution < -0.4 is 11.1 Å². The maximum atomic E-state index is 11.8. The van der Waals surface area contributed by atoms with Gasteiger partial charge < -0.3 is 11.1 Å². The van der Waals surface area contributed by atoms with Crippen LogP contribution in [-0.4, -0.2) is 16.2 Å². The summed E-state index contributed by atoms with van der Waals surface area (Å²) in [6.45, 7) is 3.89. The summed E-state index contributed by atoms with van der Waals surface area (Å²) in [5.41, 5.74) is 8.14. The molecule has 3 N–H and O–H groups in total. The number of benzene rings is 1. The molecular formula is C11H11BrN4O2. The lowest BCUT2D eigenvalue weighted by molar-refractivity contribution is 0.101. The Bertz CT molecular complexity index is 586. The van der Waals surface area contributed by atoms with E-state index in [1.165, 1.54) is 0 Å². The molecule has 0 saturated carbocycles. The lowest BCUT2D eigenvalue weighted by atomic mass is 10.1. The number of halogens is 1. The molecule has 0 saturated heterocycles. The Morgan fingerprint density at radius 1 is 1.33 bits per heavy atom. The summed E-state index contributed by atoms with van der Waals surface area (Å²) in [6.07, 6.45) is 0. The third-order valence-corrected chi connectivity index (χ3v) is 3.67. The molecule has 2 rings (SSSR count). The molecule has 1 aromatic carbocycles. The number of hydrogen-bond donors (Lipinski definition) is 2. The van der Waals surface area contributed by atoms with Gasteiger partial charge in [0.05, 0.1) is 0 Å². The van der Waals surface area contributed by atoms with Crippen LogP contribution in [0.1, 0.15) is 21.6 Å². The van der Waals surface area contributed by atoms with Crippen LogP contribution in [0.15, 0.2) is 21.2 Å². The lowest BCUT2D eigenvalue weighted by Crippen LogP contribution is -2.14. The number of hydrogen-bond acceptors (Lipinski definition) is 5. The molecule has 1 amide bonds. The predicted molar refractivity (Wildman–Crippen MR) is 70.3 cm³/mol. The molecular weight excluding hydrogens is 300 g/mol. The number of anilines is 2. The topological polar surface area (TPSA) is 94.0 Å². The summed E-state index contributed by atoms with van der Waals surface area (Å²) in [5, 5.41) is 9.49. The van der Waals surface area contributed by atoms with E-state index in [1.807, 2.05) is 26.0 Å². The summed E-state index contributed by atoms with van der Waals surface area (Å²) in [4.78, 5) is 11.8. The third kappa shape index (κ3) is 2.35. The van der Waals surface area contributed by atoms with E-state index in [0.29, 0.717) is 5.69 Å². The number of nitrogens with one attached hydrogen (secondary N) is 1. The summed E-state index contributed by atoms with van der Waals surface area (Å²) in [5.74, 6) is -0.479. The number of amides is 1. The van der Waals surface area contributed by atoms with E-state index in [9.17, 15) is 4.79 Å². The van der Waals surface area contributed by atoms with Crippen molar-refractivity contribution in [1.82, 2.24) is 10.3 Å². The standard InChI is InChI=1S/C11H11BrN4O2/c1-5-3-7(4-6(2)8(5)12)14-11(17)9-10(13)16-18-15-9/h3-4H,1-2H3,(H2,13,16)(H,14,17). The summed E-state index contributed by atoms with van der Waals surface area (Å²) < 4.78 is 5.39. The Hall–Kier alpha value is -1.89. The number of carbonyl (C=O) groups is 1. The van der Waals surface area contributed by atoms with E-state index in [2.05, 4.69) is 36.2 Å². The molecule has 0 aliphatic rings. The second-order valence-electron chi connectivity index (χ2n) is 3.88. The van der Waals surface area contributed by atoms with Gasteiger partial charge in [-0.15, -0.1) is 0 Å². The van der Waals surface area contributed by atoms with E-state index in [4.69, 9.17) is 5.73 Å². The molecule has 0 aliphatic carbocycles. The number of nitrogens with two attached hydrogens (primary N) is 1. The van der Waals surface area contributed by atoms with E-state index in [-0.39, 0.29) is 11.5 Å². The molecule has 0 aliphatic heterocycles. The molecule has 94 valence electrons. The molecule has 18 heavy (non-hydrogen) atoms. The summed E-state index contributed by atoms with van der Waals surface area (Å²) in [7, 11) is 0. The van der Waals surface area contributed by atoms with Crippen LogP contribution in [0.2, 0.25) is 0 Å².